The number of hydrogen-bond acceptors (Lipinski definition) is 4. The first-order valence-corrected chi connectivity index (χ1v) is 6.85. The van der Waals surface area contributed by atoms with Crippen LogP contribution in [0.3, 0.4) is 0 Å². The Morgan fingerprint density at radius 2 is 2.06 bits per heavy atom. The molecule has 1 saturated heterocycles. The highest BCUT2D eigenvalue weighted by molar-refractivity contribution is 5.69. The monoisotopic (exact) mass is 242 g/mol. The third-order valence-corrected chi connectivity index (χ3v) is 3.40. The number of esters is 1. The molecule has 0 aromatic rings. The van der Waals surface area contributed by atoms with Crippen LogP contribution >= 0.6 is 0 Å². The lowest BCUT2D eigenvalue weighted by Crippen LogP contribution is -2.37. The summed E-state index contributed by atoms with van der Waals surface area (Å²) in [6.07, 6.45) is 3.04. The molecule has 0 aliphatic carbocycles. The molecule has 0 aromatic carbocycles. The van der Waals surface area contributed by atoms with Gasteiger partial charge in [-0.05, 0) is 51.9 Å². The lowest BCUT2D eigenvalue weighted by molar-refractivity contribution is -0.142. The number of nitrogens with zero attached hydrogens (tertiary/aromatic N) is 1. The predicted molar refractivity (Wildman–Crippen MR) is 69.0 cm³/mol. The Balaban J connectivity index is 1.98. The van der Waals surface area contributed by atoms with Crippen molar-refractivity contribution in [2.24, 2.45) is 5.92 Å². The minimum Gasteiger partial charge on any atom is -0.466 e. The van der Waals surface area contributed by atoms with E-state index in [2.05, 4.69) is 17.1 Å². The Labute approximate surface area is 105 Å². The second-order valence-electron chi connectivity index (χ2n) is 4.64. The van der Waals surface area contributed by atoms with Crippen LogP contribution in [-0.4, -0.2) is 50.2 Å². The van der Waals surface area contributed by atoms with Crippen LogP contribution in [0.1, 0.15) is 33.1 Å². The molecule has 0 saturated carbocycles. The molecule has 0 radical (unpaired) electrons. The van der Waals surface area contributed by atoms with Gasteiger partial charge in [-0.2, -0.15) is 0 Å². The van der Waals surface area contributed by atoms with Crippen molar-refractivity contribution >= 4 is 5.97 Å². The number of rotatable bonds is 7. The van der Waals surface area contributed by atoms with Gasteiger partial charge in [-0.1, -0.05) is 6.92 Å². The molecule has 4 nitrogen and oxygen atoms in total. The topological polar surface area (TPSA) is 41.6 Å². The zero-order valence-electron chi connectivity index (χ0n) is 11.2. The van der Waals surface area contributed by atoms with E-state index in [1.165, 1.54) is 32.5 Å². The molecule has 0 atom stereocenters. The Bertz CT molecular complexity index is 213. The van der Waals surface area contributed by atoms with E-state index in [0.29, 0.717) is 13.0 Å². The average Bonchev–Trinajstić information content (AvgIpc) is 2.36. The summed E-state index contributed by atoms with van der Waals surface area (Å²) in [5, 5.41) is 3.36. The molecule has 4 heteroatoms. The molecule has 1 fully saturated rings. The SMILES string of the molecule is CCOC(=O)CCNCC1CCN(CC)CC1. The first-order valence-electron chi connectivity index (χ1n) is 6.85. The Hall–Kier alpha value is -0.610. The summed E-state index contributed by atoms with van der Waals surface area (Å²) in [4.78, 5) is 13.6. The molecular weight excluding hydrogens is 216 g/mol. The van der Waals surface area contributed by atoms with E-state index in [0.717, 1.165) is 19.0 Å². The van der Waals surface area contributed by atoms with E-state index < -0.39 is 0 Å². The highest BCUT2D eigenvalue weighted by Crippen LogP contribution is 2.15. The summed E-state index contributed by atoms with van der Waals surface area (Å²) in [6.45, 7) is 9.94. The summed E-state index contributed by atoms with van der Waals surface area (Å²) in [5.41, 5.74) is 0. The van der Waals surface area contributed by atoms with Crippen molar-refractivity contribution in [3.63, 3.8) is 0 Å². The van der Waals surface area contributed by atoms with E-state index in [9.17, 15) is 4.79 Å². The Kier molecular flexibility index (Phi) is 7.21. The number of piperidine rings is 1. The summed E-state index contributed by atoms with van der Waals surface area (Å²) < 4.78 is 4.88. The summed E-state index contributed by atoms with van der Waals surface area (Å²) >= 11 is 0. The molecule has 0 aromatic heterocycles. The van der Waals surface area contributed by atoms with E-state index in [1.807, 2.05) is 6.92 Å². The number of nitrogens with one attached hydrogen (secondary N) is 1. The maximum atomic E-state index is 11.1. The molecule has 0 bridgehead atoms. The lowest BCUT2D eigenvalue weighted by atomic mass is 9.97. The van der Waals surface area contributed by atoms with Crippen LogP contribution in [0.5, 0.6) is 0 Å². The fourth-order valence-corrected chi connectivity index (χ4v) is 2.24. The van der Waals surface area contributed by atoms with Crippen molar-refractivity contribution in [1.29, 1.82) is 0 Å². The number of hydrogen-bond donors (Lipinski definition) is 1. The average molecular weight is 242 g/mol. The molecular formula is C13H26N2O2. The third kappa shape index (κ3) is 6.03. The molecule has 1 aliphatic rings. The molecule has 0 spiro atoms. The molecule has 0 unspecified atom stereocenters. The van der Waals surface area contributed by atoms with Gasteiger partial charge in [0.15, 0.2) is 0 Å². The van der Waals surface area contributed by atoms with E-state index in [-0.39, 0.29) is 5.97 Å². The third-order valence-electron chi connectivity index (χ3n) is 3.40. The highest BCUT2D eigenvalue weighted by atomic mass is 16.5. The normalized spacial score (nSPS) is 18.2. The van der Waals surface area contributed by atoms with Crippen LogP contribution in [-0.2, 0) is 9.53 Å². The molecule has 1 rings (SSSR count). The van der Waals surface area contributed by atoms with Crippen LogP contribution in [0.4, 0.5) is 0 Å². The van der Waals surface area contributed by atoms with Gasteiger partial charge in [0.05, 0.1) is 13.0 Å². The molecule has 1 heterocycles. The smallest absolute Gasteiger partial charge is 0.307 e. The maximum Gasteiger partial charge on any atom is 0.307 e. The second kappa shape index (κ2) is 8.48. The van der Waals surface area contributed by atoms with Crippen molar-refractivity contribution in [2.45, 2.75) is 33.1 Å². The maximum absolute atomic E-state index is 11.1. The Morgan fingerprint density at radius 1 is 1.35 bits per heavy atom. The van der Waals surface area contributed by atoms with Gasteiger partial charge in [0.25, 0.3) is 0 Å². The van der Waals surface area contributed by atoms with Crippen LogP contribution in [0.25, 0.3) is 0 Å². The van der Waals surface area contributed by atoms with Gasteiger partial charge in [0, 0.05) is 6.54 Å². The van der Waals surface area contributed by atoms with Crippen LogP contribution in [0.15, 0.2) is 0 Å². The molecule has 1 N–H and O–H groups in total. The summed E-state index contributed by atoms with van der Waals surface area (Å²) in [5.74, 6) is 0.681. The molecule has 17 heavy (non-hydrogen) atoms. The standard InChI is InChI=1S/C13H26N2O2/c1-3-15-9-6-12(7-10-15)11-14-8-5-13(16)17-4-2/h12,14H,3-11H2,1-2H3. The van der Waals surface area contributed by atoms with Gasteiger partial charge in [0.1, 0.15) is 0 Å². The summed E-state index contributed by atoms with van der Waals surface area (Å²) in [7, 11) is 0. The fourth-order valence-electron chi connectivity index (χ4n) is 2.24. The molecule has 100 valence electrons. The number of carbonyl (C=O) groups excluding carboxylic acids is 1. The van der Waals surface area contributed by atoms with Crippen molar-refractivity contribution < 1.29 is 9.53 Å². The fraction of sp³-hybridized carbons (Fsp3) is 0.923. The predicted octanol–water partition coefficient (Wildman–Crippen LogP) is 1.26. The van der Waals surface area contributed by atoms with Crippen molar-refractivity contribution in [2.75, 3.05) is 39.3 Å². The van der Waals surface area contributed by atoms with E-state index in [4.69, 9.17) is 4.74 Å². The lowest BCUT2D eigenvalue weighted by Gasteiger charge is -2.31. The number of carbonyl (C=O) groups is 1. The zero-order valence-corrected chi connectivity index (χ0v) is 11.2. The second-order valence-corrected chi connectivity index (χ2v) is 4.64. The first kappa shape index (κ1) is 14.5. The number of likely N-dealkylation sites (tertiary alicyclic amines) is 1. The quantitative estimate of drug-likeness (QED) is 0.539. The minimum absolute atomic E-state index is 0.0965. The zero-order chi connectivity index (χ0) is 12.5. The highest BCUT2D eigenvalue weighted by Gasteiger charge is 2.17. The van der Waals surface area contributed by atoms with Crippen molar-refractivity contribution in [3.8, 4) is 0 Å². The van der Waals surface area contributed by atoms with Gasteiger partial charge in [-0.25, -0.2) is 0 Å². The number of ether oxygens (including phenoxy) is 1. The Morgan fingerprint density at radius 3 is 2.65 bits per heavy atom. The minimum atomic E-state index is -0.0965. The van der Waals surface area contributed by atoms with Crippen LogP contribution in [0, 0.1) is 5.92 Å². The van der Waals surface area contributed by atoms with Crippen LogP contribution in [0.2, 0.25) is 0 Å². The van der Waals surface area contributed by atoms with Gasteiger partial charge < -0.3 is 15.0 Å². The summed E-state index contributed by atoms with van der Waals surface area (Å²) in [6, 6.07) is 0. The first-order chi connectivity index (χ1) is 8.26. The molecule has 0 amide bonds. The van der Waals surface area contributed by atoms with Gasteiger partial charge in [-0.15, -0.1) is 0 Å². The van der Waals surface area contributed by atoms with Gasteiger partial charge in [-0.3, -0.25) is 4.79 Å². The van der Waals surface area contributed by atoms with Crippen LogP contribution < -0.4 is 5.32 Å². The van der Waals surface area contributed by atoms with E-state index in [1.54, 1.807) is 0 Å². The van der Waals surface area contributed by atoms with Gasteiger partial charge in [0.2, 0.25) is 0 Å². The van der Waals surface area contributed by atoms with Gasteiger partial charge >= 0.3 is 5.97 Å². The van der Waals surface area contributed by atoms with Crippen molar-refractivity contribution in [1.82, 2.24) is 10.2 Å². The van der Waals surface area contributed by atoms with E-state index >= 15 is 0 Å². The molecule has 1 aliphatic heterocycles. The largest absolute Gasteiger partial charge is 0.466 e. The van der Waals surface area contributed by atoms with Crippen molar-refractivity contribution in [3.05, 3.63) is 0 Å².